The summed E-state index contributed by atoms with van der Waals surface area (Å²) in [7, 11) is 0. The third kappa shape index (κ3) is 4.37. The van der Waals surface area contributed by atoms with Crippen LogP contribution in [0.4, 0.5) is 0 Å². The molecule has 0 aliphatic rings. The number of nitrogens with zero attached hydrogens (tertiary/aromatic N) is 2. The van der Waals surface area contributed by atoms with Gasteiger partial charge in [-0.25, -0.2) is 9.78 Å². The van der Waals surface area contributed by atoms with Crippen LogP contribution in [0.3, 0.4) is 0 Å². The van der Waals surface area contributed by atoms with E-state index in [9.17, 15) is 9.59 Å². The van der Waals surface area contributed by atoms with Crippen LogP contribution in [0.1, 0.15) is 27.3 Å². The molecule has 0 spiro atoms. The van der Waals surface area contributed by atoms with Crippen molar-refractivity contribution >= 4 is 11.9 Å². The quantitative estimate of drug-likeness (QED) is 0.847. The normalized spacial score (nSPS) is 10.1. The molecule has 0 aliphatic heterocycles. The summed E-state index contributed by atoms with van der Waals surface area (Å²) >= 11 is 0. The topological polar surface area (TPSA) is 81.2 Å². The van der Waals surface area contributed by atoms with Crippen molar-refractivity contribution < 1.29 is 14.3 Å². The van der Waals surface area contributed by atoms with Crippen LogP contribution in [-0.4, -0.2) is 28.5 Å². The Kier molecular flexibility index (Phi) is 5.19. The SMILES string of the molecule is Cc1cnc(C(=O)OCC(=O)NCc2ccccc2C)cn1. The number of nitrogens with one attached hydrogen (secondary N) is 1. The first kappa shape index (κ1) is 15.6. The molecule has 0 unspecified atom stereocenters. The lowest BCUT2D eigenvalue weighted by atomic mass is 10.1. The number of hydrogen-bond donors (Lipinski definition) is 1. The van der Waals surface area contributed by atoms with Gasteiger partial charge in [-0.3, -0.25) is 9.78 Å². The number of esters is 1. The van der Waals surface area contributed by atoms with Crippen LogP contribution in [-0.2, 0) is 16.1 Å². The molecule has 6 nitrogen and oxygen atoms in total. The Balaban J connectivity index is 1.79. The van der Waals surface area contributed by atoms with Gasteiger partial charge in [-0.1, -0.05) is 24.3 Å². The number of ether oxygens (including phenoxy) is 1. The molecule has 1 amide bonds. The van der Waals surface area contributed by atoms with Gasteiger partial charge in [0.25, 0.3) is 5.91 Å². The summed E-state index contributed by atoms with van der Waals surface area (Å²) in [5, 5.41) is 2.70. The summed E-state index contributed by atoms with van der Waals surface area (Å²) in [6, 6.07) is 7.75. The lowest BCUT2D eigenvalue weighted by molar-refractivity contribution is -0.124. The summed E-state index contributed by atoms with van der Waals surface area (Å²) < 4.78 is 4.89. The molecule has 1 aromatic carbocycles. The lowest BCUT2D eigenvalue weighted by Gasteiger charge is -2.08. The Labute approximate surface area is 128 Å². The lowest BCUT2D eigenvalue weighted by Crippen LogP contribution is -2.28. The fourth-order valence-electron chi connectivity index (χ4n) is 1.76. The van der Waals surface area contributed by atoms with Gasteiger partial charge in [0.05, 0.1) is 11.9 Å². The van der Waals surface area contributed by atoms with Crippen molar-refractivity contribution in [2.45, 2.75) is 20.4 Å². The third-order valence-electron chi connectivity index (χ3n) is 3.06. The van der Waals surface area contributed by atoms with E-state index in [-0.39, 0.29) is 18.2 Å². The zero-order chi connectivity index (χ0) is 15.9. The Morgan fingerprint density at radius 2 is 1.91 bits per heavy atom. The first-order valence-corrected chi connectivity index (χ1v) is 6.83. The molecule has 2 rings (SSSR count). The molecular weight excluding hydrogens is 282 g/mol. The second kappa shape index (κ2) is 7.31. The smallest absolute Gasteiger partial charge is 0.359 e. The molecule has 0 atom stereocenters. The molecule has 0 saturated carbocycles. The van der Waals surface area contributed by atoms with Gasteiger partial charge in [-0.15, -0.1) is 0 Å². The highest BCUT2D eigenvalue weighted by molar-refractivity contribution is 5.89. The number of hydrogen-bond acceptors (Lipinski definition) is 5. The van der Waals surface area contributed by atoms with Crippen molar-refractivity contribution in [3.63, 3.8) is 0 Å². The van der Waals surface area contributed by atoms with Gasteiger partial charge in [0.1, 0.15) is 0 Å². The molecular formula is C16H17N3O3. The highest BCUT2D eigenvalue weighted by Crippen LogP contribution is 2.06. The van der Waals surface area contributed by atoms with Gasteiger partial charge in [0, 0.05) is 12.7 Å². The van der Waals surface area contributed by atoms with Gasteiger partial charge >= 0.3 is 5.97 Å². The molecule has 1 heterocycles. The fourth-order valence-corrected chi connectivity index (χ4v) is 1.76. The maximum absolute atomic E-state index is 11.7. The largest absolute Gasteiger partial charge is 0.451 e. The van der Waals surface area contributed by atoms with Crippen molar-refractivity contribution in [3.8, 4) is 0 Å². The molecule has 0 bridgehead atoms. The number of amides is 1. The minimum Gasteiger partial charge on any atom is -0.451 e. The molecule has 0 aliphatic carbocycles. The number of carbonyl (C=O) groups is 2. The molecule has 1 N–H and O–H groups in total. The van der Waals surface area contributed by atoms with Crippen LogP contribution in [0, 0.1) is 13.8 Å². The predicted octanol–water partition coefficient (Wildman–Crippen LogP) is 1.57. The van der Waals surface area contributed by atoms with Crippen molar-refractivity contribution in [1.29, 1.82) is 0 Å². The monoisotopic (exact) mass is 299 g/mol. The summed E-state index contributed by atoms with van der Waals surface area (Å²) in [6.07, 6.45) is 2.79. The van der Waals surface area contributed by atoms with Crippen LogP contribution in [0.25, 0.3) is 0 Å². The Hall–Kier alpha value is -2.76. The number of aromatic nitrogens is 2. The molecule has 0 saturated heterocycles. The first-order chi connectivity index (χ1) is 10.6. The van der Waals surface area contributed by atoms with Crippen molar-refractivity contribution in [2.75, 3.05) is 6.61 Å². The van der Waals surface area contributed by atoms with E-state index in [0.717, 1.165) is 11.1 Å². The summed E-state index contributed by atoms with van der Waals surface area (Å²) in [5.74, 6) is -1.03. The van der Waals surface area contributed by atoms with Crippen LogP contribution < -0.4 is 5.32 Å². The average Bonchev–Trinajstić information content (AvgIpc) is 2.52. The average molecular weight is 299 g/mol. The van der Waals surface area contributed by atoms with E-state index in [1.54, 1.807) is 6.92 Å². The van der Waals surface area contributed by atoms with E-state index in [1.165, 1.54) is 12.4 Å². The van der Waals surface area contributed by atoms with Crippen LogP contribution >= 0.6 is 0 Å². The number of rotatable bonds is 5. The minimum atomic E-state index is -0.668. The Morgan fingerprint density at radius 3 is 2.59 bits per heavy atom. The standard InChI is InChI=1S/C16H17N3O3/c1-11-5-3-4-6-13(11)8-19-15(20)10-22-16(21)14-9-17-12(2)7-18-14/h3-7,9H,8,10H2,1-2H3,(H,19,20). The molecule has 22 heavy (non-hydrogen) atoms. The molecule has 0 fully saturated rings. The Bertz CT molecular complexity index is 669. The van der Waals surface area contributed by atoms with Gasteiger partial charge in [0.15, 0.2) is 12.3 Å². The second-order valence-corrected chi connectivity index (χ2v) is 4.82. The highest BCUT2D eigenvalue weighted by atomic mass is 16.5. The second-order valence-electron chi connectivity index (χ2n) is 4.82. The van der Waals surface area contributed by atoms with Crippen molar-refractivity contribution in [2.24, 2.45) is 0 Å². The number of aryl methyl sites for hydroxylation is 2. The predicted molar refractivity (Wildman–Crippen MR) is 80.1 cm³/mol. The first-order valence-electron chi connectivity index (χ1n) is 6.83. The molecule has 114 valence electrons. The molecule has 2 aromatic rings. The summed E-state index contributed by atoms with van der Waals surface area (Å²) in [4.78, 5) is 31.2. The number of carbonyl (C=O) groups excluding carboxylic acids is 2. The van der Waals surface area contributed by atoms with Crippen LogP contribution in [0.2, 0.25) is 0 Å². The van der Waals surface area contributed by atoms with Crippen LogP contribution in [0.15, 0.2) is 36.7 Å². The van der Waals surface area contributed by atoms with Gasteiger partial charge < -0.3 is 10.1 Å². The van der Waals surface area contributed by atoms with Crippen LogP contribution in [0.5, 0.6) is 0 Å². The summed E-state index contributed by atoms with van der Waals surface area (Å²) in [6.45, 7) is 3.78. The number of benzene rings is 1. The summed E-state index contributed by atoms with van der Waals surface area (Å²) in [5.41, 5.74) is 2.89. The van der Waals surface area contributed by atoms with E-state index >= 15 is 0 Å². The fraction of sp³-hybridized carbons (Fsp3) is 0.250. The van der Waals surface area contributed by atoms with E-state index in [4.69, 9.17) is 4.74 Å². The van der Waals surface area contributed by atoms with Gasteiger partial charge in [0.2, 0.25) is 0 Å². The minimum absolute atomic E-state index is 0.0808. The van der Waals surface area contributed by atoms with E-state index in [0.29, 0.717) is 12.2 Å². The third-order valence-corrected chi connectivity index (χ3v) is 3.06. The highest BCUT2D eigenvalue weighted by Gasteiger charge is 2.11. The van der Waals surface area contributed by atoms with Crippen molar-refractivity contribution in [3.05, 3.63) is 59.2 Å². The van der Waals surface area contributed by atoms with Gasteiger partial charge in [-0.05, 0) is 25.0 Å². The van der Waals surface area contributed by atoms with E-state index in [2.05, 4.69) is 15.3 Å². The maximum Gasteiger partial charge on any atom is 0.359 e. The Morgan fingerprint density at radius 1 is 1.14 bits per heavy atom. The molecule has 0 radical (unpaired) electrons. The van der Waals surface area contributed by atoms with Gasteiger partial charge in [-0.2, -0.15) is 0 Å². The maximum atomic E-state index is 11.7. The molecule has 6 heteroatoms. The van der Waals surface area contributed by atoms with E-state index in [1.807, 2.05) is 31.2 Å². The van der Waals surface area contributed by atoms with E-state index < -0.39 is 5.97 Å². The molecule has 1 aromatic heterocycles. The zero-order valence-electron chi connectivity index (χ0n) is 12.5. The zero-order valence-corrected chi connectivity index (χ0v) is 12.5. The van der Waals surface area contributed by atoms with Crippen molar-refractivity contribution in [1.82, 2.24) is 15.3 Å².